The van der Waals surface area contributed by atoms with Crippen LogP contribution in [-0.4, -0.2) is 43.8 Å². The Morgan fingerprint density at radius 2 is 1.54 bits per heavy atom. The molecule has 0 atom stereocenters. The Labute approximate surface area is 203 Å². The zero-order valence-electron chi connectivity index (χ0n) is 19.4. The summed E-state index contributed by atoms with van der Waals surface area (Å²) >= 11 is 0. The fourth-order valence-electron chi connectivity index (χ4n) is 4.16. The van der Waals surface area contributed by atoms with Crippen LogP contribution in [0.3, 0.4) is 0 Å². The van der Waals surface area contributed by atoms with Gasteiger partial charge in [0.1, 0.15) is 17.2 Å². The van der Waals surface area contributed by atoms with Crippen LogP contribution in [-0.2, 0) is 0 Å². The maximum absolute atomic E-state index is 13.2. The van der Waals surface area contributed by atoms with Crippen molar-refractivity contribution >= 4 is 5.91 Å². The van der Waals surface area contributed by atoms with E-state index in [9.17, 15) is 4.79 Å². The first-order valence-electron chi connectivity index (χ1n) is 11.6. The molecule has 0 saturated carbocycles. The summed E-state index contributed by atoms with van der Waals surface area (Å²) in [5.74, 6) is 1.92. The molecule has 1 fully saturated rings. The lowest BCUT2D eigenvalue weighted by Gasteiger charge is -2.32. The molecule has 1 amide bonds. The summed E-state index contributed by atoms with van der Waals surface area (Å²) in [6, 6.07) is 16.9. The van der Waals surface area contributed by atoms with Gasteiger partial charge in [-0.05, 0) is 61.7 Å². The molecule has 0 spiro atoms. The largest absolute Gasteiger partial charge is 0.437 e. The van der Waals surface area contributed by atoms with E-state index in [1.54, 1.807) is 55.1 Å². The SMILES string of the molecule is Cc1cccc(Oc2nccnc2C2CCN(C(=O)c3cccc(Oc4ncccn4)c3)CC2)c1. The average Bonchev–Trinajstić information content (AvgIpc) is 2.90. The van der Waals surface area contributed by atoms with Gasteiger partial charge in [-0.15, -0.1) is 0 Å². The first-order chi connectivity index (χ1) is 17.2. The molecular formula is C27H25N5O3. The van der Waals surface area contributed by atoms with Gasteiger partial charge in [0, 0.05) is 49.4 Å². The van der Waals surface area contributed by atoms with E-state index in [1.807, 2.05) is 36.1 Å². The van der Waals surface area contributed by atoms with Crippen LogP contribution in [0.1, 0.15) is 40.4 Å². The zero-order chi connectivity index (χ0) is 24.0. The van der Waals surface area contributed by atoms with Crippen molar-refractivity contribution in [2.24, 2.45) is 0 Å². The molecule has 1 aliphatic rings. The van der Waals surface area contributed by atoms with Crippen LogP contribution in [0, 0.1) is 6.92 Å². The number of aryl methyl sites for hydroxylation is 1. The second-order valence-corrected chi connectivity index (χ2v) is 8.39. The molecule has 0 unspecified atom stereocenters. The first-order valence-corrected chi connectivity index (χ1v) is 11.6. The van der Waals surface area contributed by atoms with Crippen molar-refractivity contribution in [1.82, 2.24) is 24.8 Å². The number of aromatic nitrogens is 4. The topological polar surface area (TPSA) is 90.3 Å². The summed E-state index contributed by atoms with van der Waals surface area (Å²) in [4.78, 5) is 32.2. The highest BCUT2D eigenvalue weighted by molar-refractivity contribution is 5.94. The van der Waals surface area contributed by atoms with Crippen LogP contribution < -0.4 is 9.47 Å². The second-order valence-electron chi connectivity index (χ2n) is 8.39. The van der Waals surface area contributed by atoms with E-state index in [2.05, 4.69) is 19.9 Å². The number of carbonyl (C=O) groups excluding carboxylic acids is 1. The summed E-state index contributed by atoms with van der Waals surface area (Å²) in [7, 11) is 0. The van der Waals surface area contributed by atoms with E-state index in [1.165, 1.54) is 0 Å². The summed E-state index contributed by atoms with van der Waals surface area (Å²) < 4.78 is 11.7. The molecule has 0 N–H and O–H groups in total. The van der Waals surface area contributed by atoms with Crippen LogP contribution in [0.4, 0.5) is 0 Å². The molecular weight excluding hydrogens is 442 g/mol. The fraction of sp³-hybridized carbons (Fsp3) is 0.222. The number of benzene rings is 2. The molecule has 1 aliphatic heterocycles. The summed E-state index contributed by atoms with van der Waals surface area (Å²) in [6.07, 6.45) is 8.11. The Balaban J connectivity index is 1.24. The van der Waals surface area contributed by atoms with Crippen molar-refractivity contribution < 1.29 is 14.3 Å². The lowest BCUT2D eigenvalue weighted by molar-refractivity contribution is 0.0711. The van der Waals surface area contributed by atoms with E-state index in [0.29, 0.717) is 30.3 Å². The Hall–Kier alpha value is -4.33. The van der Waals surface area contributed by atoms with Crippen LogP contribution in [0.25, 0.3) is 0 Å². The molecule has 8 heteroatoms. The number of hydrogen-bond acceptors (Lipinski definition) is 7. The third-order valence-corrected chi connectivity index (χ3v) is 5.90. The molecule has 2 aromatic carbocycles. The third kappa shape index (κ3) is 5.43. The molecule has 5 rings (SSSR count). The molecule has 4 aromatic rings. The minimum atomic E-state index is -0.0294. The second kappa shape index (κ2) is 10.3. The smallest absolute Gasteiger partial charge is 0.321 e. The number of rotatable bonds is 6. The monoisotopic (exact) mass is 467 g/mol. The van der Waals surface area contributed by atoms with Gasteiger partial charge in [-0.2, -0.15) is 0 Å². The molecule has 3 heterocycles. The van der Waals surface area contributed by atoms with Crippen molar-refractivity contribution in [1.29, 1.82) is 0 Å². The molecule has 8 nitrogen and oxygen atoms in total. The number of piperidine rings is 1. The Kier molecular flexibility index (Phi) is 6.61. The maximum Gasteiger partial charge on any atom is 0.321 e. The van der Waals surface area contributed by atoms with Gasteiger partial charge in [0.2, 0.25) is 5.88 Å². The van der Waals surface area contributed by atoms with Crippen LogP contribution in [0.15, 0.2) is 79.4 Å². The fourth-order valence-corrected chi connectivity index (χ4v) is 4.16. The van der Waals surface area contributed by atoms with E-state index < -0.39 is 0 Å². The highest BCUT2D eigenvalue weighted by Gasteiger charge is 2.28. The molecule has 0 bridgehead atoms. The van der Waals surface area contributed by atoms with Gasteiger partial charge in [0.15, 0.2) is 0 Å². The van der Waals surface area contributed by atoms with Gasteiger partial charge in [0.05, 0.1) is 0 Å². The van der Waals surface area contributed by atoms with Crippen molar-refractivity contribution in [3.05, 3.63) is 96.2 Å². The minimum absolute atomic E-state index is 0.0294. The Morgan fingerprint density at radius 1 is 0.829 bits per heavy atom. The van der Waals surface area contributed by atoms with Crippen molar-refractivity contribution in [3.63, 3.8) is 0 Å². The molecule has 35 heavy (non-hydrogen) atoms. The van der Waals surface area contributed by atoms with Crippen LogP contribution in [0.2, 0.25) is 0 Å². The molecule has 2 aromatic heterocycles. The van der Waals surface area contributed by atoms with E-state index >= 15 is 0 Å². The van der Waals surface area contributed by atoms with Crippen LogP contribution in [0.5, 0.6) is 23.4 Å². The van der Waals surface area contributed by atoms with Gasteiger partial charge in [-0.25, -0.2) is 15.0 Å². The number of hydrogen-bond donors (Lipinski definition) is 0. The van der Waals surface area contributed by atoms with Crippen LogP contribution >= 0.6 is 0 Å². The van der Waals surface area contributed by atoms with Gasteiger partial charge in [-0.1, -0.05) is 18.2 Å². The Morgan fingerprint density at radius 3 is 2.31 bits per heavy atom. The average molecular weight is 468 g/mol. The maximum atomic E-state index is 13.2. The van der Waals surface area contributed by atoms with Gasteiger partial charge >= 0.3 is 6.01 Å². The molecule has 176 valence electrons. The van der Waals surface area contributed by atoms with E-state index in [4.69, 9.17) is 9.47 Å². The predicted molar refractivity (Wildman–Crippen MR) is 130 cm³/mol. The summed E-state index contributed by atoms with van der Waals surface area (Å²) in [5.41, 5.74) is 2.52. The Bertz CT molecular complexity index is 1310. The van der Waals surface area contributed by atoms with E-state index in [0.717, 1.165) is 29.8 Å². The van der Waals surface area contributed by atoms with Gasteiger partial charge < -0.3 is 14.4 Å². The van der Waals surface area contributed by atoms with Crippen molar-refractivity contribution in [2.75, 3.05) is 13.1 Å². The predicted octanol–water partition coefficient (Wildman–Crippen LogP) is 5.18. The van der Waals surface area contributed by atoms with E-state index in [-0.39, 0.29) is 17.8 Å². The quantitative estimate of drug-likeness (QED) is 0.386. The lowest BCUT2D eigenvalue weighted by atomic mass is 9.93. The summed E-state index contributed by atoms with van der Waals surface area (Å²) in [5, 5.41) is 0. The number of amides is 1. The standard InChI is InChI=1S/C27H25N5O3/c1-19-5-2-7-22(17-19)34-25-24(28-13-14-29-25)20-9-15-32(16-10-20)26(33)21-6-3-8-23(18-21)35-27-30-11-4-12-31-27/h2-8,11-14,17-18,20H,9-10,15-16H2,1H3. The number of likely N-dealkylation sites (tertiary alicyclic amines) is 1. The highest BCUT2D eigenvalue weighted by atomic mass is 16.5. The number of nitrogens with zero attached hydrogens (tertiary/aromatic N) is 5. The molecule has 1 saturated heterocycles. The van der Waals surface area contributed by atoms with Crippen molar-refractivity contribution in [3.8, 4) is 23.4 Å². The third-order valence-electron chi connectivity index (χ3n) is 5.90. The first kappa shape index (κ1) is 22.5. The van der Waals surface area contributed by atoms with Gasteiger partial charge in [-0.3, -0.25) is 9.78 Å². The zero-order valence-corrected chi connectivity index (χ0v) is 19.4. The normalized spacial score (nSPS) is 13.9. The number of carbonyl (C=O) groups is 1. The minimum Gasteiger partial charge on any atom is -0.437 e. The van der Waals surface area contributed by atoms with Crippen molar-refractivity contribution in [2.45, 2.75) is 25.7 Å². The van der Waals surface area contributed by atoms with Gasteiger partial charge in [0.25, 0.3) is 5.91 Å². The number of ether oxygens (including phenoxy) is 2. The molecule has 0 aliphatic carbocycles. The molecule has 0 radical (unpaired) electrons. The highest BCUT2D eigenvalue weighted by Crippen LogP contribution is 2.34. The lowest BCUT2D eigenvalue weighted by Crippen LogP contribution is -2.38. The summed E-state index contributed by atoms with van der Waals surface area (Å²) in [6.45, 7) is 3.27.